The maximum Gasteiger partial charge on any atom is 0.257 e. The summed E-state index contributed by atoms with van der Waals surface area (Å²) in [4.78, 5) is 3.94. The molecule has 0 saturated carbocycles. The highest BCUT2D eigenvalue weighted by molar-refractivity contribution is 5.57. The van der Waals surface area contributed by atoms with Gasteiger partial charge in [0.1, 0.15) is 0 Å². The zero-order valence-corrected chi connectivity index (χ0v) is 7.19. The van der Waals surface area contributed by atoms with Crippen molar-refractivity contribution in [1.29, 1.82) is 0 Å². The Bertz CT molecular complexity index is 366. The summed E-state index contributed by atoms with van der Waals surface area (Å²) in [5.74, 6) is 0.544. The molecule has 66 valence electrons. The quantitative estimate of drug-likeness (QED) is 0.755. The second-order valence-electron chi connectivity index (χ2n) is 2.57. The Morgan fingerprint density at radius 1 is 1.23 bits per heavy atom. The topological polar surface area (TPSA) is 51.0 Å². The van der Waals surface area contributed by atoms with Gasteiger partial charge in [0.15, 0.2) is 6.33 Å². The number of aromatic nitrogens is 2. The van der Waals surface area contributed by atoms with Crippen LogP contribution in [0, 0.1) is 0 Å². The fourth-order valence-corrected chi connectivity index (χ4v) is 1.08. The minimum absolute atomic E-state index is 0.544. The third-order valence-corrected chi connectivity index (χ3v) is 1.78. The summed E-state index contributed by atoms with van der Waals surface area (Å²) in [5.41, 5.74) is 1.99. The van der Waals surface area contributed by atoms with E-state index in [1.807, 2.05) is 31.3 Å². The summed E-state index contributed by atoms with van der Waals surface area (Å²) in [7, 11) is 1.88. The van der Waals surface area contributed by atoms with Crippen molar-refractivity contribution >= 4 is 5.69 Å². The van der Waals surface area contributed by atoms with E-state index in [1.165, 1.54) is 6.33 Å². The first kappa shape index (κ1) is 7.79. The summed E-state index contributed by atoms with van der Waals surface area (Å²) in [5, 5.41) is 6.57. The van der Waals surface area contributed by atoms with Gasteiger partial charge >= 0.3 is 0 Å². The molecule has 0 unspecified atom stereocenters. The summed E-state index contributed by atoms with van der Waals surface area (Å²) < 4.78 is 4.91. The van der Waals surface area contributed by atoms with Crippen molar-refractivity contribution in [3.05, 3.63) is 30.6 Å². The monoisotopic (exact) mass is 175 g/mol. The Morgan fingerprint density at radius 3 is 2.54 bits per heavy atom. The molecule has 0 aliphatic heterocycles. The van der Waals surface area contributed by atoms with Crippen molar-refractivity contribution in [3.8, 4) is 11.5 Å². The third kappa shape index (κ3) is 1.51. The number of benzene rings is 1. The van der Waals surface area contributed by atoms with Crippen LogP contribution in [-0.4, -0.2) is 17.2 Å². The van der Waals surface area contributed by atoms with E-state index in [2.05, 4.69) is 15.5 Å². The highest BCUT2D eigenvalue weighted by Crippen LogP contribution is 2.17. The van der Waals surface area contributed by atoms with Gasteiger partial charge in [-0.25, -0.2) is 0 Å². The average Bonchev–Trinajstić information content (AvgIpc) is 2.71. The predicted octanol–water partition coefficient (Wildman–Crippen LogP) is 1.78. The van der Waals surface area contributed by atoms with Gasteiger partial charge in [-0.15, -0.1) is 0 Å². The first-order chi connectivity index (χ1) is 6.40. The molecule has 2 rings (SSSR count). The molecule has 0 aliphatic rings. The largest absolute Gasteiger partial charge is 0.388 e. The molecule has 1 aromatic carbocycles. The van der Waals surface area contributed by atoms with Gasteiger partial charge in [0.05, 0.1) is 0 Å². The van der Waals surface area contributed by atoms with Gasteiger partial charge < -0.3 is 9.84 Å². The number of anilines is 1. The minimum atomic E-state index is 0.544. The van der Waals surface area contributed by atoms with E-state index in [1.54, 1.807) is 0 Å². The van der Waals surface area contributed by atoms with E-state index in [0.717, 1.165) is 11.3 Å². The van der Waals surface area contributed by atoms with Gasteiger partial charge in [-0.3, -0.25) is 0 Å². The Morgan fingerprint density at radius 2 is 2.00 bits per heavy atom. The van der Waals surface area contributed by atoms with Crippen molar-refractivity contribution in [2.45, 2.75) is 0 Å². The van der Waals surface area contributed by atoms with E-state index in [-0.39, 0.29) is 0 Å². The lowest BCUT2D eigenvalue weighted by Crippen LogP contribution is -1.86. The molecule has 0 atom stereocenters. The first-order valence-electron chi connectivity index (χ1n) is 3.95. The van der Waals surface area contributed by atoms with E-state index in [9.17, 15) is 0 Å². The summed E-state index contributed by atoms with van der Waals surface area (Å²) in [6.07, 6.45) is 1.39. The molecular formula is C9H9N3O. The maximum atomic E-state index is 4.91. The van der Waals surface area contributed by atoms with Gasteiger partial charge in [-0.1, -0.05) is 5.16 Å². The number of nitrogens with one attached hydrogen (secondary N) is 1. The van der Waals surface area contributed by atoms with Crippen molar-refractivity contribution < 1.29 is 4.52 Å². The lowest BCUT2D eigenvalue weighted by Gasteiger charge is -1.98. The fraction of sp³-hybridized carbons (Fsp3) is 0.111. The van der Waals surface area contributed by atoms with Crippen LogP contribution in [-0.2, 0) is 0 Å². The van der Waals surface area contributed by atoms with Crippen LogP contribution in [0.1, 0.15) is 0 Å². The van der Waals surface area contributed by atoms with Crippen LogP contribution in [0.5, 0.6) is 0 Å². The lowest BCUT2D eigenvalue weighted by atomic mass is 10.2. The van der Waals surface area contributed by atoms with Gasteiger partial charge in [0.25, 0.3) is 5.89 Å². The molecule has 0 aliphatic carbocycles. The first-order valence-corrected chi connectivity index (χ1v) is 3.95. The zero-order chi connectivity index (χ0) is 9.10. The van der Waals surface area contributed by atoms with Gasteiger partial charge in [-0.05, 0) is 24.3 Å². The standard InChI is InChI=1S/C9H9N3O/c1-10-8-4-2-7(3-5-8)9-11-6-12-13-9/h2-6,10H,1H3. The summed E-state index contributed by atoms with van der Waals surface area (Å²) in [6.45, 7) is 0. The maximum absolute atomic E-state index is 4.91. The average molecular weight is 175 g/mol. The molecule has 0 radical (unpaired) electrons. The van der Waals surface area contributed by atoms with Crippen LogP contribution in [0.15, 0.2) is 35.1 Å². The summed E-state index contributed by atoms with van der Waals surface area (Å²) >= 11 is 0. The normalized spacial score (nSPS) is 9.92. The van der Waals surface area contributed by atoms with Gasteiger partial charge in [-0.2, -0.15) is 4.98 Å². The molecule has 0 amide bonds. The highest BCUT2D eigenvalue weighted by Gasteiger charge is 2.01. The van der Waals surface area contributed by atoms with E-state index in [4.69, 9.17) is 4.52 Å². The molecule has 4 heteroatoms. The lowest BCUT2D eigenvalue weighted by molar-refractivity contribution is 0.430. The van der Waals surface area contributed by atoms with Crippen LogP contribution in [0.25, 0.3) is 11.5 Å². The molecule has 1 aromatic heterocycles. The number of rotatable bonds is 2. The van der Waals surface area contributed by atoms with Crippen LogP contribution >= 0.6 is 0 Å². The predicted molar refractivity (Wildman–Crippen MR) is 49.3 cm³/mol. The molecule has 4 nitrogen and oxygen atoms in total. The second kappa shape index (κ2) is 3.26. The molecule has 1 N–H and O–H groups in total. The van der Waals surface area contributed by atoms with Gasteiger partial charge in [0, 0.05) is 18.3 Å². The third-order valence-electron chi connectivity index (χ3n) is 1.78. The molecule has 1 heterocycles. The van der Waals surface area contributed by atoms with Crippen LogP contribution < -0.4 is 5.32 Å². The highest BCUT2D eigenvalue weighted by atomic mass is 16.5. The molecule has 0 fully saturated rings. The molecule has 0 bridgehead atoms. The Balaban J connectivity index is 2.33. The molecule has 13 heavy (non-hydrogen) atoms. The van der Waals surface area contributed by atoms with Crippen molar-refractivity contribution in [1.82, 2.24) is 10.1 Å². The van der Waals surface area contributed by atoms with Crippen LogP contribution in [0.2, 0.25) is 0 Å². The molecule has 2 aromatic rings. The summed E-state index contributed by atoms with van der Waals surface area (Å²) in [6, 6.07) is 7.78. The van der Waals surface area contributed by atoms with E-state index >= 15 is 0 Å². The Kier molecular flexibility index (Phi) is 1.96. The Hall–Kier alpha value is -1.84. The van der Waals surface area contributed by atoms with Crippen molar-refractivity contribution in [2.75, 3.05) is 12.4 Å². The molecule has 0 spiro atoms. The van der Waals surface area contributed by atoms with E-state index < -0.39 is 0 Å². The number of nitrogens with zero attached hydrogens (tertiary/aromatic N) is 2. The fourth-order valence-electron chi connectivity index (χ4n) is 1.08. The number of hydrogen-bond donors (Lipinski definition) is 1. The van der Waals surface area contributed by atoms with E-state index in [0.29, 0.717) is 5.89 Å². The zero-order valence-electron chi connectivity index (χ0n) is 7.19. The SMILES string of the molecule is CNc1ccc(-c2ncno2)cc1. The smallest absolute Gasteiger partial charge is 0.257 e. The minimum Gasteiger partial charge on any atom is -0.388 e. The van der Waals surface area contributed by atoms with Gasteiger partial charge in [0.2, 0.25) is 0 Å². The van der Waals surface area contributed by atoms with Crippen LogP contribution in [0.4, 0.5) is 5.69 Å². The second-order valence-corrected chi connectivity index (χ2v) is 2.57. The van der Waals surface area contributed by atoms with Crippen molar-refractivity contribution in [2.24, 2.45) is 0 Å². The van der Waals surface area contributed by atoms with Crippen molar-refractivity contribution in [3.63, 3.8) is 0 Å². The molecular weight excluding hydrogens is 166 g/mol. The molecule has 0 saturated heterocycles. The number of hydrogen-bond acceptors (Lipinski definition) is 4. The van der Waals surface area contributed by atoms with Crippen LogP contribution in [0.3, 0.4) is 0 Å². The Labute approximate surface area is 75.6 Å².